The number of allylic oxidation sites excluding steroid dienone is 2. The van der Waals surface area contributed by atoms with Crippen molar-refractivity contribution in [2.45, 2.75) is 26.2 Å². The number of hydrazone groups is 1. The summed E-state index contributed by atoms with van der Waals surface area (Å²) in [5.41, 5.74) is 9.27. The van der Waals surface area contributed by atoms with Crippen LogP contribution in [0.5, 0.6) is 0 Å². The molecule has 1 aliphatic carbocycles. The first-order valence-electron chi connectivity index (χ1n) is 4.42. The highest BCUT2D eigenvalue weighted by Crippen LogP contribution is 2.21. The molecule has 1 rings (SSSR count). The van der Waals surface area contributed by atoms with Gasteiger partial charge in [0.05, 0.1) is 0 Å². The van der Waals surface area contributed by atoms with Crippen LogP contribution in [0, 0.1) is 5.92 Å². The molecule has 0 spiro atoms. The minimum absolute atomic E-state index is 0.221. The molecule has 1 aliphatic rings. The SMILES string of the molecule is CC1=CCC(C=NNC(N)=S)CC1. The molecule has 0 fully saturated rings. The van der Waals surface area contributed by atoms with E-state index < -0.39 is 0 Å². The lowest BCUT2D eigenvalue weighted by molar-refractivity contribution is 0.605. The van der Waals surface area contributed by atoms with Crippen LogP contribution in [0.3, 0.4) is 0 Å². The molecule has 72 valence electrons. The summed E-state index contributed by atoms with van der Waals surface area (Å²) in [4.78, 5) is 0. The number of hydrogen-bond donors (Lipinski definition) is 2. The molecule has 0 radical (unpaired) electrons. The van der Waals surface area contributed by atoms with E-state index in [-0.39, 0.29) is 5.11 Å². The normalized spacial score (nSPS) is 22.8. The minimum atomic E-state index is 0.221. The first-order valence-corrected chi connectivity index (χ1v) is 4.83. The Hall–Kier alpha value is -0.900. The van der Waals surface area contributed by atoms with Gasteiger partial charge in [0, 0.05) is 6.21 Å². The third-order valence-corrected chi connectivity index (χ3v) is 2.23. The van der Waals surface area contributed by atoms with Crippen LogP contribution in [0.1, 0.15) is 26.2 Å². The Balaban J connectivity index is 2.31. The van der Waals surface area contributed by atoms with Gasteiger partial charge in [-0.15, -0.1) is 0 Å². The fraction of sp³-hybridized carbons (Fsp3) is 0.556. The highest BCUT2D eigenvalue weighted by molar-refractivity contribution is 7.80. The van der Waals surface area contributed by atoms with E-state index in [1.54, 1.807) is 0 Å². The maximum Gasteiger partial charge on any atom is 0.184 e. The van der Waals surface area contributed by atoms with Crippen molar-refractivity contribution >= 4 is 23.5 Å². The van der Waals surface area contributed by atoms with Crippen molar-refractivity contribution in [2.24, 2.45) is 16.8 Å². The average Bonchev–Trinajstić information content (AvgIpc) is 2.08. The van der Waals surface area contributed by atoms with Gasteiger partial charge >= 0.3 is 0 Å². The van der Waals surface area contributed by atoms with Gasteiger partial charge in [0.25, 0.3) is 0 Å². The summed E-state index contributed by atoms with van der Waals surface area (Å²) >= 11 is 4.62. The molecule has 3 N–H and O–H groups in total. The van der Waals surface area contributed by atoms with Crippen molar-refractivity contribution in [2.75, 3.05) is 0 Å². The number of hydrogen-bond acceptors (Lipinski definition) is 2. The van der Waals surface area contributed by atoms with Crippen molar-refractivity contribution in [3.8, 4) is 0 Å². The second-order valence-corrected chi connectivity index (χ2v) is 3.78. The summed E-state index contributed by atoms with van der Waals surface area (Å²) in [5.74, 6) is 0.533. The number of nitrogens with zero attached hydrogens (tertiary/aromatic N) is 1. The zero-order valence-electron chi connectivity index (χ0n) is 7.79. The number of nitrogens with one attached hydrogen (secondary N) is 1. The Morgan fingerprint density at radius 3 is 3.15 bits per heavy atom. The van der Waals surface area contributed by atoms with Crippen LogP contribution in [0.4, 0.5) is 0 Å². The lowest BCUT2D eigenvalue weighted by Gasteiger charge is -2.15. The van der Waals surface area contributed by atoms with Gasteiger partial charge in [-0.1, -0.05) is 11.6 Å². The van der Waals surface area contributed by atoms with Gasteiger partial charge in [-0.2, -0.15) is 5.10 Å². The minimum Gasteiger partial charge on any atom is -0.375 e. The zero-order chi connectivity index (χ0) is 9.68. The molecule has 0 heterocycles. The summed E-state index contributed by atoms with van der Waals surface area (Å²) in [6, 6.07) is 0. The topological polar surface area (TPSA) is 50.4 Å². The van der Waals surface area contributed by atoms with Gasteiger partial charge < -0.3 is 5.73 Å². The number of thiocarbonyl (C=S) groups is 1. The van der Waals surface area contributed by atoms with Crippen LogP contribution < -0.4 is 11.2 Å². The van der Waals surface area contributed by atoms with E-state index in [1.807, 2.05) is 6.21 Å². The molecular formula is C9H15N3S. The van der Waals surface area contributed by atoms with Crippen molar-refractivity contribution in [3.05, 3.63) is 11.6 Å². The van der Waals surface area contributed by atoms with E-state index in [1.165, 1.54) is 18.4 Å². The van der Waals surface area contributed by atoms with Crippen LogP contribution >= 0.6 is 12.2 Å². The van der Waals surface area contributed by atoms with E-state index in [2.05, 4.69) is 35.7 Å². The summed E-state index contributed by atoms with van der Waals surface area (Å²) in [5, 5.41) is 4.17. The molecule has 1 atom stereocenters. The van der Waals surface area contributed by atoms with Crippen LogP contribution in [0.15, 0.2) is 16.8 Å². The van der Waals surface area contributed by atoms with E-state index in [9.17, 15) is 0 Å². The summed E-state index contributed by atoms with van der Waals surface area (Å²) in [6.07, 6.45) is 7.58. The average molecular weight is 197 g/mol. The van der Waals surface area contributed by atoms with E-state index >= 15 is 0 Å². The molecule has 0 aromatic carbocycles. The predicted molar refractivity (Wildman–Crippen MR) is 59.5 cm³/mol. The van der Waals surface area contributed by atoms with Gasteiger partial charge in [-0.25, -0.2) is 0 Å². The molecular weight excluding hydrogens is 182 g/mol. The van der Waals surface area contributed by atoms with E-state index in [4.69, 9.17) is 5.73 Å². The predicted octanol–water partition coefficient (Wildman–Crippen LogP) is 1.55. The molecule has 0 saturated carbocycles. The second kappa shape index (κ2) is 4.97. The first kappa shape index (κ1) is 10.2. The molecule has 0 aromatic heterocycles. The van der Waals surface area contributed by atoms with E-state index in [0.29, 0.717) is 5.92 Å². The molecule has 0 aliphatic heterocycles. The highest BCUT2D eigenvalue weighted by Gasteiger charge is 2.09. The molecule has 1 unspecified atom stereocenters. The highest BCUT2D eigenvalue weighted by atomic mass is 32.1. The Labute approximate surface area is 84.1 Å². The largest absolute Gasteiger partial charge is 0.375 e. The van der Waals surface area contributed by atoms with Crippen LogP contribution in [0.25, 0.3) is 0 Å². The zero-order valence-corrected chi connectivity index (χ0v) is 8.60. The van der Waals surface area contributed by atoms with Gasteiger partial charge in [-0.3, -0.25) is 5.43 Å². The standard InChI is InChI=1S/C9H15N3S/c1-7-2-4-8(5-3-7)6-11-12-9(10)13/h2,6,8H,3-5H2,1H3,(H3,10,12,13). The quantitative estimate of drug-likeness (QED) is 0.306. The molecule has 3 nitrogen and oxygen atoms in total. The van der Waals surface area contributed by atoms with Crippen molar-refractivity contribution < 1.29 is 0 Å². The molecule has 4 heteroatoms. The Bertz CT molecular complexity index is 245. The molecule has 0 bridgehead atoms. The summed E-state index contributed by atoms with van der Waals surface area (Å²) in [7, 11) is 0. The van der Waals surface area contributed by atoms with Crippen LogP contribution in [0.2, 0.25) is 0 Å². The fourth-order valence-electron chi connectivity index (χ4n) is 1.33. The summed E-state index contributed by atoms with van der Waals surface area (Å²) in [6.45, 7) is 2.17. The third-order valence-electron chi connectivity index (χ3n) is 2.14. The summed E-state index contributed by atoms with van der Waals surface area (Å²) < 4.78 is 0. The maximum absolute atomic E-state index is 5.22. The maximum atomic E-state index is 5.22. The Kier molecular flexibility index (Phi) is 3.89. The number of rotatable bonds is 2. The van der Waals surface area contributed by atoms with Gasteiger partial charge in [0.15, 0.2) is 5.11 Å². The molecule has 13 heavy (non-hydrogen) atoms. The van der Waals surface area contributed by atoms with Crippen molar-refractivity contribution in [1.82, 2.24) is 5.43 Å². The van der Waals surface area contributed by atoms with Crippen molar-refractivity contribution in [1.29, 1.82) is 0 Å². The van der Waals surface area contributed by atoms with Crippen LogP contribution in [-0.2, 0) is 0 Å². The van der Waals surface area contributed by atoms with Gasteiger partial charge in [0.1, 0.15) is 0 Å². The lowest BCUT2D eigenvalue weighted by Crippen LogP contribution is -2.24. The molecule has 0 amide bonds. The Morgan fingerprint density at radius 2 is 2.62 bits per heavy atom. The first-order chi connectivity index (χ1) is 6.18. The smallest absolute Gasteiger partial charge is 0.184 e. The third kappa shape index (κ3) is 4.03. The van der Waals surface area contributed by atoms with E-state index in [0.717, 1.165) is 6.42 Å². The molecule has 0 aromatic rings. The van der Waals surface area contributed by atoms with Crippen LogP contribution in [-0.4, -0.2) is 11.3 Å². The monoisotopic (exact) mass is 197 g/mol. The van der Waals surface area contributed by atoms with Gasteiger partial charge in [-0.05, 0) is 44.3 Å². The Morgan fingerprint density at radius 1 is 1.85 bits per heavy atom. The number of nitrogens with two attached hydrogens (primary N) is 1. The van der Waals surface area contributed by atoms with Gasteiger partial charge in [0.2, 0.25) is 0 Å². The fourth-order valence-corrected chi connectivity index (χ4v) is 1.38. The molecule has 0 saturated heterocycles. The lowest BCUT2D eigenvalue weighted by atomic mass is 9.91. The second-order valence-electron chi connectivity index (χ2n) is 3.34. The van der Waals surface area contributed by atoms with Crippen molar-refractivity contribution in [3.63, 3.8) is 0 Å².